The van der Waals surface area contributed by atoms with Crippen LogP contribution in [0.4, 0.5) is 0 Å². The smallest absolute Gasteiger partial charge is 0.330 e. The third-order valence-electron chi connectivity index (χ3n) is 3.18. The quantitative estimate of drug-likeness (QED) is 0.250. The molecule has 0 aromatic rings. The zero-order valence-corrected chi connectivity index (χ0v) is 14.9. The average Bonchev–Trinajstić information content (AvgIpc) is 2.60. The summed E-state index contributed by atoms with van der Waals surface area (Å²) in [5, 5.41) is 0. The van der Waals surface area contributed by atoms with Crippen LogP contribution in [0.15, 0.2) is 24.3 Å². The van der Waals surface area contributed by atoms with Crippen molar-refractivity contribution in [1.29, 1.82) is 0 Å². The number of methoxy groups -OCH3 is 2. The van der Waals surface area contributed by atoms with Gasteiger partial charge in [0.15, 0.2) is 5.41 Å². The molecule has 0 amide bonds. The Morgan fingerprint density at radius 1 is 0.760 bits per heavy atom. The Morgan fingerprint density at radius 3 is 1.40 bits per heavy atom. The predicted octanol–water partition coefficient (Wildman–Crippen LogP) is 1.34. The molecule has 0 aliphatic rings. The van der Waals surface area contributed by atoms with E-state index in [2.05, 4.69) is 9.47 Å². The van der Waals surface area contributed by atoms with Gasteiger partial charge in [-0.2, -0.15) is 0 Å². The van der Waals surface area contributed by atoms with Crippen molar-refractivity contribution in [2.45, 2.75) is 26.7 Å². The molecule has 0 radical (unpaired) electrons. The molecule has 0 N–H and O–H groups in total. The molecule has 0 saturated heterocycles. The molecule has 0 unspecified atom stereocenters. The molecule has 8 nitrogen and oxygen atoms in total. The summed E-state index contributed by atoms with van der Waals surface area (Å²) in [6, 6.07) is 0. The minimum Gasteiger partial charge on any atom is -0.466 e. The monoisotopic (exact) mass is 356 g/mol. The number of carbonyl (C=O) groups excluding carboxylic acids is 4. The lowest BCUT2D eigenvalue weighted by Crippen LogP contribution is -2.41. The molecule has 0 bridgehead atoms. The minimum atomic E-state index is -1.72. The number of rotatable bonds is 10. The fourth-order valence-corrected chi connectivity index (χ4v) is 1.89. The summed E-state index contributed by atoms with van der Waals surface area (Å²) < 4.78 is 19.0. The van der Waals surface area contributed by atoms with Crippen LogP contribution in [0.2, 0.25) is 0 Å². The van der Waals surface area contributed by atoms with E-state index in [1.165, 1.54) is 26.4 Å². The highest BCUT2D eigenvalue weighted by Crippen LogP contribution is 2.32. The van der Waals surface area contributed by atoms with Crippen LogP contribution in [0.3, 0.4) is 0 Å². The van der Waals surface area contributed by atoms with Gasteiger partial charge in [0, 0.05) is 12.2 Å². The molecule has 0 aromatic heterocycles. The van der Waals surface area contributed by atoms with Gasteiger partial charge < -0.3 is 18.9 Å². The van der Waals surface area contributed by atoms with E-state index >= 15 is 0 Å². The van der Waals surface area contributed by atoms with Gasteiger partial charge in [-0.1, -0.05) is 12.2 Å². The molecule has 8 heteroatoms. The van der Waals surface area contributed by atoms with Crippen molar-refractivity contribution in [3.8, 4) is 0 Å². The summed E-state index contributed by atoms with van der Waals surface area (Å²) in [6.45, 7) is 3.31. The third kappa shape index (κ3) is 7.19. The first-order valence-corrected chi connectivity index (χ1v) is 7.71. The van der Waals surface area contributed by atoms with Crippen LogP contribution < -0.4 is 0 Å². The van der Waals surface area contributed by atoms with Crippen LogP contribution in [-0.2, 0) is 38.1 Å². The highest BCUT2D eigenvalue weighted by atomic mass is 16.6. The number of ether oxygens (including phenoxy) is 4. The van der Waals surface area contributed by atoms with E-state index in [9.17, 15) is 19.2 Å². The molecule has 0 saturated carbocycles. The Kier molecular flexibility index (Phi) is 10.6. The molecular weight excluding hydrogens is 332 g/mol. The van der Waals surface area contributed by atoms with Gasteiger partial charge >= 0.3 is 23.9 Å². The summed E-state index contributed by atoms with van der Waals surface area (Å²) in [5.41, 5.74) is -1.72. The Hall–Kier alpha value is -2.64. The van der Waals surface area contributed by atoms with Crippen molar-refractivity contribution in [3.05, 3.63) is 24.3 Å². The van der Waals surface area contributed by atoms with E-state index in [1.54, 1.807) is 13.8 Å². The van der Waals surface area contributed by atoms with Gasteiger partial charge in [-0.15, -0.1) is 0 Å². The molecule has 0 rings (SSSR count). The van der Waals surface area contributed by atoms with Crippen LogP contribution in [0.25, 0.3) is 0 Å². The molecule has 0 atom stereocenters. The number of esters is 4. The van der Waals surface area contributed by atoms with Gasteiger partial charge in [0.25, 0.3) is 0 Å². The molecule has 0 spiro atoms. The van der Waals surface area contributed by atoms with E-state index in [0.29, 0.717) is 0 Å². The Balaban J connectivity index is 5.69. The molecule has 140 valence electrons. The van der Waals surface area contributed by atoms with Gasteiger partial charge in [-0.05, 0) is 26.7 Å². The van der Waals surface area contributed by atoms with Crippen molar-refractivity contribution in [3.63, 3.8) is 0 Å². The summed E-state index contributed by atoms with van der Waals surface area (Å²) in [4.78, 5) is 47.3. The normalized spacial score (nSPS) is 11.4. The molecule has 0 aromatic carbocycles. The average molecular weight is 356 g/mol. The summed E-state index contributed by atoms with van der Waals surface area (Å²) in [6.07, 6.45) is 4.52. The first-order chi connectivity index (χ1) is 11.9. The summed E-state index contributed by atoms with van der Waals surface area (Å²) >= 11 is 0. The maximum absolute atomic E-state index is 12.4. The van der Waals surface area contributed by atoms with E-state index in [0.717, 1.165) is 12.2 Å². The first-order valence-electron chi connectivity index (χ1n) is 7.71. The number of hydrogen-bond acceptors (Lipinski definition) is 8. The predicted molar refractivity (Wildman–Crippen MR) is 87.2 cm³/mol. The largest absolute Gasteiger partial charge is 0.466 e. The van der Waals surface area contributed by atoms with E-state index in [4.69, 9.17) is 9.47 Å². The van der Waals surface area contributed by atoms with E-state index in [1.807, 2.05) is 0 Å². The maximum atomic E-state index is 12.4. The molecule has 25 heavy (non-hydrogen) atoms. The summed E-state index contributed by atoms with van der Waals surface area (Å²) in [5.74, 6) is -2.88. The van der Waals surface area contributed by atoms with Gasteiger partial charge in [0.1, 0.15) is 0 Å². The molecule has 0 fully saturated rings. The highest BCUT2D eigenvalue weighted by molar-refractivity contribution is 6.00. The Bertz CT molecular complexity index is 485. The van der Waals surface area contributed by atoms with Crippen LogP contribution in [-0.4, -0.2) is 51.3 Å². The second-order valence-electron chi connectivity index (χ2n) is 4.78. The highest BCUT2D eigenvalue weighted by Gasteiger charge is 2.47. The van der Waals surface area contributed by atoms with E-state index in [-0.39, 0.29) is 26.1 Å². The number of allylic oxidation sites excluding steroid dienone is 2. The van der Waals surface area contributed by atoms with Crippen molar-refractivity contribution >= 4 is 23.9 Å². The van der Waals surface area contributed by atoms with Crippen LogP contribution in [0.1, 0.15) is 26.7 Å². The van der Waals surface area contributed by atoms with Gasteiger partial charge in [-0.25, -0.2) is 9.59 Å². The minimum absolute atomic E-state index is 0.0570. The lowest BCUT2D eigenvalue weighted by Gasteiger charge is -2.27. The summed E-state index contributed by atoms with van der Waals surface area (Å²) in [7, 11) is 2.41. The van der Waals surface area contributed by atoms with Crippen LogP contribution in [0.5, 0.6) is 0 Å². The van der Waals surface area contributed by atoms with Crippen LogP contribution >= 0.6 is 0 Å². The molecular formula is C17H24O8. The fourth-order valence-electron chi connectivity index (χ4n) is 1.89. The zero-order chi connectivity index (χ0) is 19.3. The van der Waals surface area contributed by atoms with Crippen molar-refractivity contribution in [1.82, 2.24) is 0 Å². The molecule has 0 aliphatic carbocycles. The third-order valence-corrected chi connectivity index (χ3v) is 3.18. The Labute approximate surface area is 146 Å². The fraction of sp³-hybridized carbons (Fsp3) is 0.529. The standard InChI is InChI=1S/C17H24O8/c1-5-24-15(20)17(16(21)25-6-2,11-7-9-13(18)22-3)12-8-10-14(19)23-4/h7-10H,5-6,11-12H2,1-4H3/b9-7+,10-8+. The zero-order valence-electron chi connectivity index (χ0n) is 14.9. The van der Waals surface area contributed by atoms with Crippen LogP contribution in [0, 0.1) is 5.41 Å². The lowest BCUT2D eigenvalue weighted by molar-refractivity contribution is -0.171. The molecule has 0 aliphatic heterocycles. The lowest BCUT2D eigenvalue weighted by atomic mass is 9.80. The number of carbonyl (C=O) groups is 4. The van der Waals surface area contributed by atoms with Gasteiger partial charge in [0.2, 0.25) is 0 Å². The van der Waals surface area contributed by atoms with Crippen molar-refractivity contribution < 1.29 is 38.1 Å². The van der Waals surface area contributed by atoms with E-state index < -0.39 is 29.3 Å². The second kappa shape index (κ2) is 11.8. The maximum Gasteiger partial charge on any atom is 0.330 e. The Morgan fingerprint density at radius 2 is 1.12 bits per heavy atom. The molecule has 0 heterocycles. The number of hydrogen-bond donors (Lipinski definition) is 0. The first kappa shape index (κ1) is 22.4. The second-order valence-corrected chi connectivity index (χ2v) is 4.78. The van der Waals surface area contributed by atoms with Gasteiger partial charge in [-0.3, -0.25) is 9.59 Å². The SMILES string of the molecule is CCOC(=O)C(C/C=C/C(=O)OC)(C/C=C/C(=O)OC)C(=O)OCC. The van der Waals surface area contributed by atoms with Gasteiger partial charge in [0.05, 0.1) is 27.4 Å². The topological polar surface area (TPSA) is 105 Å². The van der Waals surface area contributed by atoms with Crippen molar-refractivity contribution in [2.75, 3.05) is 27.4 Å². The van der Waals surface area contributed by atoms with Crippen molar-refractivity contribution in [2.24, 2.45) is 5.41 Å².